The predicted molar refractivity (Wildman–Crippen MR) is 152 cm³/mol. The number of aromatic hydroxyl groups is 1. The molecule has 0 heterocycles. The summed E-state index contributed by atoms with van der Waals surface area (Å²) in [6.45, 7) is 0.689. The van der Waals surface area contributed by atoms with Crippen molar-refractivity contribution < 1.29 is 32.9 Å². The van der Waals surface area contributed by atoms with Gasteiger partial charge in [0.15, 0.2) is 6.61 Å². The summed E-state index contributed by atoms with van der Waals surface area (Å²) in [4.78, 5) is 12.2. The maximum atomic E-state index is 12.2. The van der Waals surface area contributed by atoms with Crippen LogP contribution in [0, 0.1) is 0 Å². The maximum absolute atomic E-state index is 12.2. The largest absolute Gasteiger partial charge is 0.506 e. The van der Waals surface area contributed by atoms with Crippen LogP contribution in [0.3, 0.4) is 0 Å². The average Bonchev–Trinajstić information content (AvgIpc) is 2.93. The molecular formula is C29H35N3O7S. The number of amides is 1. The van der Waals surface area contributed by atoms with Gasteiger partial charge in [0.1, 0.15) is 30.0 Å². The van der Waals surface area contributed by atoms with Crippen molar-refractivity contribution in [2.45, 2.75) is 38.0 Å². The maximum Gasteiger partial charge on any atom is 0.258 e. The van der Waals surface area contributed by atoms with E-state index in [9.17, 15) is 23.4 Å². The quantitative estimate of drug-likeness (QED) is 0.197. The molecule has 3 aromatic rings. The number of aliphatic hydroxyl groups excluding tert-OH is 1. The van der Waals surface area contributed by atoms with Crippen LogP contribution in [0.25, 0.3) is 0 Å². The SMILES string of the molecule is CS(=O)(=O)Nc1cc(OCC(O)CNC2CCc3ccc(OCC(=O)NCc4ccccc4)cc3C2)ccc1O. The normalized spacial score (nSPS) is 15.5. The standard InChI is InChI=1S/C29H35N3O7S/c1-40(36,37)32-27-15-26(11-12-28(27)34)38-18-24(33)17-30-23-9-7-21-8-10-25(14-22(21)13-23)39-19-29(35)31-16-20-5-3-2-4-6-20/h2-6,8,10-12,14-15,23-24,30,32-34H,7,9,13,16-19H2,1H3,(H,31,35). The molecule has 1 amide bonds. The summed E-state index contributed by atoms with van der Waals surface area (Å²) in [5.41, 5.74) is 3.42. The molecule has 0 aliphatic heterocycles. The molecule has 2 atom stereocenters. The summed E-state index contributed by atoms with van der Waals surface area (Å²) in [6, 6.07) is 19.9. The monoisotopic (exact) mass is 569 g/mol. The second-order valence-electron chi connectivity index (χ2n) is 9.85. The molecule has 10 nitrogen and oxygen atoms in total. The molecule has 214 valence electrons. The topological polar surface area (TPSA) is 146 Å². The minimum absolute atomic E-state index is 0.00430. The first kappa shape index (κ1) is 29.2. The highest BCUT2D eigenvalue weighted by Crippen LogP contribution is 2.29. The van der Waals surface area contributed by atoms with Gasteiger partial charge in [-0.1, -0.05) is 36.4 Å². The van der Waals surface area contributed by atoms with E-state index in [4.69, 9.17) is 9.47 Å². The Hall–Kier alpha value is -3.80. The van der Waals surface area contributed by atoms with Gasteiger partial charge in [0.25, 0.3) is 5.91 Å². The Morgan fingerprint density at radius 2 is 1.77 bits per heavy atom. The first-order valence-electron chi connectivity index (χ1n) is 13.0. The molecule has 2 unspecified atom stereocenters. The summed E-state index contributed by atoms with van der Waals surface area (Å²) in [7, 11) is -3.56. The minimum Gasteiger partial charge on any atom is -0.506 e. The lowest BCUT2D eigenvalue weighted by molar-refractivity contribution is -0.123. The molecule has 3 aromatic carbocycles. The number of phenolic OH excluding ortho intramolecular Hbond substituents is 1. The van der Waals surface area contributed by atoms with Crippen molar-refractivity contribution in [3.05, 3.63) is 83.4 Å². The van der Waals surface area contributed by atoms with E-state index in [1.165, 1.54) is 23.8 Å². The average molecular weight is 570 g/mol. The van der Waals surface area contributed by atoms with E-state index in [-0.39, 0.29) is 36.6 Å². The van der Waals surface area contributed by atoms with E-state index < -0.39 is 16.1 Å². The van der Waals surface area contributed by atoms with Crippen LogP contribution in [0.2, 0.25) is 0 Å². The summed E-state index contributed by atoms with van der Waals surface area (Å²) in [6.07, 6.45) is 2.76. The molecule has 0 saturated heterocycles. The number of benzene rings is 3. The highest BCUT2D eigenvalue weighted by Gasteiger charge is 2.20. The third kappa shape index (κ3) is 9.15. The van der Waals surface area contributed by atoms with Crippen LogP contribution < -0.4 is 24.8 Å². The first-order chi connectivity index (χ1) is 19.1. The molecule has 0 fully saturated rings. The Morgan fingerprint density at radius 3 is 2.55 bits per heavy atom. The number of hydrogen-bond donors (Lipinski definition) is 5. The molecule has 0 saturated carbocycles. The van der Waals surface area contributed by atoms with E-state index in [0.29, 0.717) is 24.6 Å². The predicted octanol–water partition coefficient (Wildman–Crippen LogP) is 2.35. The summed E-state index contributed by atoms with van der Waals surface area (Å²) < 4.78 is 36.5. The fourth-order valence-electron chi connectivity index (χ4n) is 4.43. The van der Waals surface area contributed by atoms with Crippen LogP contribution in [0.15, 0.2) is 66.7 Å². The molecule has 0 radical (unpaired) electrons. The zero-order chi connectivity index (χ0) is 28.5. The Kier molecular flexibility index (Phi) is 9.86. The lowest BCUT2D eigenvalue weighted by Gasteiger charge is -2.27. The van der Waals surface area contributed by atoms with Gasteiger partial charge in [0.2, 0.25) is 10.0 Å². The minimum atomic E-state index is -3.56. The smallest absolute Gasteiger partial charge is 0.258 e. The Balaban J connectivity index is 1.21. The molecule has 0 spiro atoms. The van der Waals surface area contributed by atoms with E-state index in [1.807, 2.05) is 48.5 Å². The van der Waals surface area contributed by atoms with E-state index in [0.717, 1.165) is 36.6 Å². The van der Waals surface area contributed by atoms with Gasteiger partial charge in [-0.2, -0.15) is 0 Å². The number of carbonyl (C=O) groups is 1. The molecule has 0 aromatic heterocycles. The molecule has 4 rings (SSSR count). The fourth-order valence-corrected chi connectivity index (χ4v) is 5.00. The third-order valence-electron chi connectivity index (χ3n) is 6.46. The van der Waals surface area contributed by atoms with Gasteiger partial charge in [-0.3, -0.25) is 9.52 Å². The van der Waals surface area contributed by atoms with Crippen LogP contribution in [0.4, 0.5) is 5.69 Å². The number of aliphatic hydroxyl groups is 1. The number of anilines is 1. The number of ether oxygens (including phenoxy) is 2. The molecule has 1 aliphatic carbocycles. The van der Waals surface area contributed by atoms with Gasteiger partial charge in [0.05, 0.1) is 11.9 Å². The van der Waals surface area contributed by atoms with Crippen LogP contribution >= 0.6 is 0 Å². The van der Waals surface area contributed by atoms with Crippen molar-refractivity contribution in [2.24, 2.45) is 0 Å². The number of sulfonamides is 1. The van der Waals surface area contributed by atoms with Gasteiger partial charge >= 0.3 is 0 Å². The van der Waals surface area contributed by atoms with Crippen LogP contribution in [0.5, 0.6) is 17.2 Å². The Morgan fingerprint density at radius 1 is 1.02 bits per heavy atom. The Labute approximate surface area is 234 Å². The van der Waals surface area contributed by atoms with Crippen LogP contribution in [-0.4, -0.2) is 62.7 Å². The summed E-state index contributed by atoms with van der Waals surface area (Å²) in [5.74, 6) is 0.544. The van der Waals surface area contributed by atoms with E-state index in [1.54, 1.807) is 0 Å². The fraction of sp³-hybridized carbons (Fsp3) is 0.345. The first-order valence-corrected chi connectivity index (χ1v) is 14.9. The molecule has 5 N–H and O–H groups in total. The number of fused-ring (bicyclic) bond motifs is 1. The number of phenols is 1. The van der Waals surface area contributed by atoms with Gasteiger partial charge in [0, 0.05) is 25.2 Å². The zero-order valence-electron chi connectivity index (χ0n) is 22.3. The van der Waals surface area contributed by atoms with Crippen molar-refractivity contribution in [3.63, 3.8) is 0 Å². The van der Waals surface area contributed by atoms with Crippen molar-refractivity contribution >= 4 is 21.6 Å². The van der Waals surface area contributed by atoms with Gasteiger partial charge in [-0.05, 0) is 60.2 Å². The second-order valence-corrected chi connectivity index (χ2v) is 11.6. The van der Waals surface area contributed by atoms with Gasteiger partial charge in [-0.25, -0.2) is 8.42 Å². The van der Waals surface area contributed by atoms with Gasteiger partial charge in [-0.15, -0.1) is 0 Å². The number of rotatable bonds is 13. The summed E-state index contributed by atoms with van der Waals surface area (Å²) >= 11 is 0. The number of hydrogen-bond acceptors (Lipinski definition) is 8. The van der Waals surface area contributed by atoms with Crippen molar-refractivity contribution in [1.29, 1.82) is 0 Å². The van der Waals surface area contributed by atoms with Crippen molar-refractivity contribution in [3.8, 4) is 17.2 Å². The molecule has 11 heteroatoms. The number of carbonyl (C=O) groups excluding carboxylic acids is 1. The van der Waals surface area contributed by atoms with E-state index in [2.05, 4.69) is 15.4 Å². The third-order valence-corrected chi connectivity index (χ3v) is 7.05. The molecule has 0 bridgehead atoms. The summed E-state index contributed by atoms with van der Waals surface area (Å²) in [5, 5.41) is 26.5. The van der Waals surface area contributed by atoms with Crippen molar-refractivity contribution in [1.82, 2.24) is 10.6 Å². The second kappa shape index (κ2) is 13.5. The van der Waals surface area contributed by atoms with E-state index >= 15 is 0 Å². The lowest BCUT2D eigenvalue weighted by atomic mass is 9.88. The highest BCUT2D eigenvalue weighted by molar-refractivity contribution is 7.92. The number of aryl methyl sites for hydroxylation is 1. The van der Waals surface area contributed by atoms with Crippen LogP contribution in [-0.2, 0) is 34.2 Å². The highest BCUT2D eigenvalue weighted by atomic mass is 32.2. The lowest BCUT2D eigenvalue weighted by Crippen LogP contribution is -2.40. The van der Waals surface area contributed by atoms with Crippen LogP contribution in [0.1, 0.15) is 23.1 Å². The van der Waals surface area contributed by atoms with Crippen molar-refractivity contribution in [2.75, 3.05) is 30.7 Å². The Bertz CT molecular complexity index is 1400. The molecule has 1 aliphatic rings. The van der Waals surface area contributed by atoms with Gasteiger partial charge < -0.3 is 30.3 Å². The molecule has 40 heavy (non-hydrogen) atoms. The zero-order valence-corrected chi connectivity index (χ0v) is 23.1. The molecular weight excluding hydrogens is 534 g/mol. The number of nitrogens with one attached hydrogen (secondary N) is 3.